The van der Waals surface area contributed by atoms with E-state index in [9.17, 15) is 4.79 Å². The molecule has 0 unspecified atom stereocenters. The van der Waals surface area contributed by atoms with E-state index < -0.39 is 5.91 Å². The van der Waals surface area contributed by atoms with Gasteiger partial charge in [-0.3, -0.25) is 4.79 Å². The summed E-state index contributed by atoms with van der Waals surface area (Å²) in [5.41, 5.74) is 10.2. The number of primary amides is 1. The van der Waals surface area contributed by atoms with Crippen LogP contribution in [0.3, 0.4) is 0 Å². The lowest BCUT2D eigenvalue weighted by atomic mass is 10.00. The summed E-state index contributed by atoms with van der Waals surface area (Å²) in [6.07, 6.45) is 0. The van der Waals surface area contributed by atoms with Gasteiger partial charge in [-0.1, -0.05) is 48.5 Å². The molecule has 0 spiro atoms. The van der Waals surface area contributed by atoms with E-state index in [0.29, 0.717) is 5.56 Å². The van der Waals surface area contributed by atoms with Gasteiger partial charge in [0, 0.05) is 23.7 Å². The third kappa shape index (κ3) is 4.54. The summed E-state index contributed by atoms with van der Waals surface area (Å²) in [4.78, 5) is 11.3. The van der Waals surface area contributed by atoms with E-state index in [1.807, 2.05) is 24.3 Å². The minimum atomic E-state index is -0.429. The zero-order valence-corrected chi connectivity index (χ0v) is 15.6. The van der Waals surface area contributed by atoms with Crippen LogP contribution in [0.25, 0.3) is 11.1 Å². The number of benzene rings is 3. The number of ether oxygens (including phenoxy) is 1. The van der Waals surface area contributed by atoms with E-state index in [-0.39, 0.29) is 6.04 Å². The van der Waals surface area contributed by atoms with Crippen LogP contribution >= 0.6 is 0 Å². The molecular formula is C23H24N2O2. The Kier molecular flexibility index (Phi) is 5.89. The Morgan fingerprint density at radius 1 is 1.04 bits per heavy atom. The van der Waals surface area contributed by atoms with Crippen LogP contribution in [0, 0.1) is 0 Å². The summed E-state index contributed by atoms with van der Waals surface area (Å²) < 4.78 is 5.52. The number of carbonyl (C=O) groups is 1. The van der Waals surface area contributed by atoms with Crippen molar-refractivity contribution < 1.29 is 9.53 Å². The van der Waals surface area contributed by atoms with E-state index in [4.69, 9.17) is 10.5 Å². The van der Waals surface area contributed by atoms with E-state index in [2.05, 4.69) is 48.6 Å². The summed E-state index contributed by atoms with van der Waals surface area (Å²) in [6.45, 7) is 2.90. The monoisotopic (exact) mass is 360 g/mol. The minimum Gasteiger partial charge on any atom is -0.496 e. The number of rotatable bonds is 7. The minimum absolute atomic E-state index is 0.256. The molecule has 0 radical (unpaired) electrons. The first-order chi connectivity index (χ1) is 13.1. The molecule has 0 saturated heterocycles. The summed E-state index contributed by atoms with van der Waals surface area (Å²) in [5, 5.41) is 3.55. The molecule has 0 bridgehead atoms. The lowest BCUT2D eigenvalue weighted by molar-refractivity contribution is 0.100. The Bertz CT molecular complexity index is 905. The first-order valence-electron chi connectivity index (χ1n) is 8.94. The van der Waals surface area contributed by atoms with Crippen molar-refractivity contribution in [3.8, 4) is 16.9 Å². The molecule has 3 aromatic rings. The molecule has 0 fully saturated rings. The Labute approximate surface area is 160 Å². The van der Waals surface area contributed by atoms with Gasteiger partial charge in [0.2, 0.25) is 5.91 Å². The number of hydrogen-bond acceptors (Lipinski definition) is 3. The van der Waals surface area contributed by atoms with Crippen molar-refractivity contribution in [3.05, 3.63) is 89.5 Å². The van der Waals surface area contributed by atoms with Crippen molar-refractivity contribution >= 4 is 5.91 Å². The van der Waals surface area contributed by atoms with Crippen LogP contribution in [0.2, 0.25) is 0 Å². The fourth-order valence-electron chi connectivity index (χ4n) is 3.04. The standard InChI is InChI=1S/C23H24N2O2/c1-16(18-6-4-3-5-7-18)25-15-17-8-13-22(27-2)21(14-17)19-9-11-20(12-10-19)23(24)26/h3-14,16,25H,15H2,1-2H3,(H2,24,26)/t16-/m1/s1. The van der Waals surface area contributed by atoms with Crippen molar-refractivity contribution in [1.29, 1.82) is 0 Å². The van der Waals surface area contributed by atoms with Crippen LogP contribution in [0.5, 0.6) is 5.75 Å². The second kappa shape index (κ2) is 8.52. The van der Waals surface area contributed by atoms with Gasteiger partial charge in [-0.05, 0) is 47.9 Å². The Morgan fingerprint density at radius 2 is 1.74 bits per heavy atom. The number of amides is 1. The average Bonchev–Trinajstić information content (AvgIpc) is 2.72. The third-order valence-corrected chi connectivity index (χ3v) is 4.66. The Balaban J connectivity index is 1.80. The lowest BCUT2D eigenvalue weighted by Crippen LogP contribution is -2.18. The normalized spacial score (nSPS) is 11.8. The maximum absolute atomic E-state index is 11.3. The fraction of sp³-hybridized carbons (Fsp3) is 0.174. The summed E-state index contributed by atoms with van der Waals surface area (Å²) >= 11 is 0. The third-order valence-electron chi connectivity index (χ3n) is 4.66. The highest BCUT2D eigenvalue weighted by molar-refractivity contribution is 5.93. The molecule has 3 aromatic carbocycles. The Hall–Kier alpha value is -3.11. The molecule has 1 atom stereocenters. The van der Waals surface area contributed by atoms with Gasteiger partial charge in [0.15, 0.2) is 0 Å². The lowest BCUT2D eigenvalue weighted by Gasteiger charge is -2.16. The second-order valence-corrected chi connectivity index (χ2v) is 6.49. The molecule has 0 saturated carbocycles. The van der Waals surface area contributed by atoms with Crippen LogP contribution in [-0.2, 0) is 6.54 Å². The predicted molar refractivity (Wildman–Crippen MR) is 109 cm³/mol. The van der Waals surface area contributed by atoms with Gasteiger partial charge in [0.1, 0.15) is 5.75 Å². The van der Waals surface area contributed by atoms with Crippen LogP contribution < -0.4 is 15.8 Å². The van der Waals surface area contributed by atoms with Crippen LogP contribution in [0.4, 0.5) is 0 Å². The van der Waals surface area contributed by atoms with Gasteiger partial charge in [-0.25, -0.2) is 0 Å². The summed E-state index contributed by atoms with van der Waals surface area (Å²) in [5.74, 6) is 0.364. The molecule has 1 amide bonds. The molecule has 27 heavy (non-hydrogen) atoms. The van der Waals surface area contributed by atoms with Gasteiger partial charge in [-0.15, -0.1) is 0 Å². The topological polar surface area (TPSA) is 64.3 Å². The number of carbonyl (C=O) groups excluding carboxylic acids is 1. The van der Waals surface area contributed by atoms with Gasteiger partial charge in [0.25, 0.3) is 0 Å². The molecule has 4 nitrogen and oxygen atoms in total. The van der Waals surface area contributed by atoms with Crippen molar-refractivity contribution in [3.63, 3.8) is 0 Å². The molecule has 0 heterocycles. The molecule has 0 aliphatic heterocycles. The van der Waals surface area contributed by atoms with Gasteiger partial charge in [0.05, 0.1) is 7.11 Å². The summed E-state index contributed by atoms with van der Waals surface area (Å²) in [7, 11) is 1.66. The second-order valence-electron chi connectivity index (χ2n) is 6.49. The van der Waals surface area contributed by atoms with Crippen molar-refractivity contribution in [2.75, 3.05) is 7.11 Å². The van der Waals surface area contributed by atoms with Crippen LogP contribution in [-0.4, -0.2) is 13.0 Å². The maximum Gasteiger partial charge on any atom is 0.248 e. The molecule has 4 heteroatoms. The maximum atomic E-state index is 11.3. The predicted octanol–water partition coefficient (Wildman–Crippen LogP) is 4.31. The Morgan fingerprint density at radius 3 is 2.37 bits per heavy atom. The highest BCUT2D eigenvalue weighted by atomic mass is 16.5. The zero-order valence-electron chi connectivity index (χ0n) is 15.6. The van der Waals surface area contributed by atoms with Gasteiger partial charge >= 0.3 is 0 Å². The molecule has 3 rings (SSSR count). The largest absolute Gasteiger partial charge is 0.496 e. The first kappa shape index (κ1) is 18.7. The van der Waals surface area contributed by atoms with Crippen LogP contribution in [0.15, 0.2) is 72.8 Å². The van der Waals surface area contributed by atoms with Crippen LogP contribution in [0.1, 0.15) is 34.5 Å². The molecule has 0 aromatic heterocycles. The zero-order chi connectivity index (χ0) is 19.2. The number of nitrogens with two attached hydrogens (primary N) is 1. The average molecular weight is 360 g/mol. The SMILES string of the molecule is COc1ccc(CN[C@H](C)c2ccccc2)cc1-c1ccc(C(N)=O)cc1. The van der Waals surface area contributed by atoms with E-state index in [1.165, 1.54) is 5.56 Å². The smallest absolute Gasteiger partial charge is 0.248 e. The highest BCUT2D eigenvalue weighted by Gasteiger charge is 2.10. The highest BCUT2D eigenvalue weighted by Crippen LogP contribution is 2.31. The first-order valence-corrected chi connectivity index (χ1v) is 8.94. The molecule has 3 N–H and O–H groups in total. The van der Waals surface area contributed by atoms with Crippen molar-refractivity contribution in [1.82, 2.24) is 5.32 Å². The van der Waals surface area contributed by atoms with E-state index >= 15 is 0 Å². The molecule has 0 aliphatic carbocycles. The van der Waals surface area contributed by atoms with Gasteiger partial charge in [-0.2, -0.15) is 0 Å². The fourth-order valence-corrected chi connectivity index (χ4v) is 3.04. The quantitative estimate of drug-likeness (QED) is 0.660. The number of methoxy groups -OCH3 is 1. The molecule has 138 valence electrons. The summed E-state index contributed by atoms with van der Waals surface area (Å²) in [6, 6.07) is 24.0. The van der Waals surface area contributed by atoms with Crippen molar-refractivity contribution in [2.45, 2.75) is 19.5 Å². The van der Waals surface area contributed by atoms with E-state index in [0.717, 1.165) is 29.0 Å². The van der Waals surface area contributed by atoms with Crippen molar-refractivity contribution in [2.24, 2.45) is 5.73 Å². The number of hydrogen-bond donors (Lipinski definition) is 2. The number of nitrogens with one attached hydrogen (secondary N) is 1. The molecule has 0 aliphatic rings. The van der Waals surface area contributed by atoms with Gasteiger partial charge < -0.3 is 15.8 Å². The molecular weight excluding hydrogens is 336 g/mol. The van der Waals surface area contributed by atoms with E-state index in [1.54, 1.807) is 19.2 Å².